The van der Waals surface area contributed by atoms with Crippen molar-refractivity contribution in [2.24, 2.45) is 4.99 Å². The number of para-hydroxylation sites is 2. The SMILES string of the molecule is CCOc1ccccc1CNC(=NC)NCC(c1ccccc1OC)N(C)C. The summed E-state index contributed by atoms with van der Waals surface area (Å²) >= 11 is 0. The number of methoxy groups -OCH3 is 1. The summed E-state index contributed by atoms with van der Waals surface area (Å²) in [6.45, 7) is 3.97. The lowest BCUT2D eigenvalue weighted by Gasteiger charge is -2.27. The van der Waals surface area contributed by atoms with Gasteiger partial charge >= 0.3 is 0 Å². The van der Waals surface area contributed by atoms with E-state index in [0.717, 1.165) is 28.6 Å². The second kappa shape index (κ2) is 11.2. The van der Waals surface area contributed by atoms with Gasteiger partial charge < -0.3 is 25.0 Å². The van der Waals surface area contributed by atoms with Crippen molar-refractivity contribution in [2.45, 2.75) is 19.5 Å². The van der Waals surface area contributed by atoms with Gasteiger partial charge in [-0.2, -0.15) is 0 Å². The van der Waals surface area contributed by atoms with Crippen molar-refractivity contribution in [3.05, 3.63) is 59.7 Å². The van der Waals surface area contributed by atoms with Crippen LogP contribution < -0.4 is 20.1 Å². The molecule has 0 amide bonds. The lowest BCUT2D eigenvalue weighted by atomic mass is 10.0. The normalized spacial score (nSPS) is 12.6. The molecular weight excluding hydrogens is 352 g/mol. The summed E-state index contributed by atoms with van der Waals surface area (Å²) in [5.74, 6) is 2.53. The molecule has 2 N–H and O–H groups in total. The third-order valence-electron chi connectivity index (χ3n) is 4.53. The lowest BCUT2D eigenvalue weighted by molar-refractivity contribution is 0.287. The molecular formula is C22H32N4O2. The number of nitrogens with one attached hydrogen (secondary N) is 2. The molecule has 0 bridgehead atoms. The average molecular weight is 385 g/mol. The Bertz CT molecular complexity index is 762. The number of hydrogen-bond acceptors (Lipinski definition) is 4. The van der Waals surface area contributed by atoms with Gasteiger partial charge in [0.2, 0.25) is 0 Å². The number of rotatable bonds is 9. The first-order chi connectivity index (χ1) is 13.6. The predicted molar refractivity (Wildman–Crippen MR) is 115 cm³/mol. The minimum atomic E-state index is 0.144. The van der Waals surface area contributed by atoms with Crippen LogP contribution in [0.4, 0.5) is 0 Å². The number of aliphatic imine (C=N–C) groups is 1. The molecule has 6 nitrogen and oxygen atoms in total. The van der Waals surface area contributed by atoms with E-state index in [4.69, 9.17) is 9.47 Å². The van der Waals surface area contributed by atoms with Gasteiger partial charge in [-0.05, 0) is 33.2 Å². The summed E-state index contributed by atoms with van der Waals surface area (Å²) < 4.78 is 11.2. The fourth-order valence-electron chi connectivity index (χ4n) is 3.05. The first-order valence-electron chi connectivity index (χ1n) is 9.55. The third kappa shape index (κ3) is 5.89. The zero-order valence-electron chi connectivity index (χ0n) is 17.5. The molecule has 2 rings (SSSR count). The van der Waals surface area contributed by atoms with Crippen molar-refractivity contribution < 1.29 is 9.47 Å². The molecule has 6 heteroatoms. The molecule has 0 aliphatic rings. The van der Waals surface area contributed by atoms with Gasteiger partial charge in [-0.1, -0.05) is 36.4 Å². The number of guanidine groups is 1. The molecule has 0 spiro atoms. The standard InChI is InChI=1S/C22H32N4O2/c1-6-28-20-13-9-7-11-17(20)15-24-22(23-2)25-16-19(26(3)4)18-12-8-10-14-21(18)27-5/h7-14,19H,6,15-16H2,1-5H3,(H2,23,24,25). The van der Waals surface area contributed by atoms with Gasteiger partial charge in [-0.25, -0.2) is 0 Å². The van der Waals surface area contributed by atoms with Crippen molar-refractivity contribution in [1.29, 1.82) is 0 Å². The molecule has 0 fully saturated rings. The van der Waals surface area contributed by atoms with Crippen molar-refractivity contribution in [2.75, 3.05) is 41.4 Å². The number of benzene rings is 2. The van der Waals surface area contributed by atoms with Gasteiger partial charge in [-0.15, -0.1) is 0 Å². The number of hydrogen-bond donors (Lipinski definition) is 2. The van der Waals surface area contributed by atoms with Crippen molar-refractivity contribution in [3.63, 3.8) is 0 Å². The average Bonchev–Trinajstić information content (AvgIpc) is 2.71. The van der Waals surface area contributed by atoms with E-state index < -0.39 is 0 Å². The van der Waals surface area contributed by atoms with E-state index >= 15 is 0 Å². The van der Waals surface area contributed by atoms with Crippen molar-refractivity contribution in [3.8, 4) is 11.5 Å². The Kier molecular flexibility index (Phi) is 8.62. The Labute approximate surface area is 168 Å². The summed E-state index contributed by atoms with van der Waals surface area (Å²) in [7, 11) is 7.60. The quantitative estimate of drug-likeness (QED) is 0.514. The Morgan fingerprint density at radius 3 is 2.36 bits per heavy atom. The van der Waals surface area contributed by atoms with E-state index in [1.165, 1.54) is 0 Å². The highest BCUT2D eigenvalue weighted by molar-refractivity contribution is 5.79. The van der Waals surface area contributed by atoms with E-state index in [0.29, 0.717) is 19.7 Å². The molecule has 2 aromatic rings. The van der Waals surface area contributed by atoms with E-state index in [2.05, 4.69) is 46.8 Å². The van der Waals surface area contributed by atoms with Gasteiger partial charge in [0.15, 0.2) is 5.96 Å². The lowest BCUT2D eigenvalue weighted by Crippen LogP contribution is -2.41. The highest BCUT2D eigenvalue weighted by Gasteiger charge is 2.18. The minimum Gasteiger partial charge on any atom is -0.496 e. The zero-order chi connectivity index (χ0) is 20.4. The predicted octanol–water partition coefficient (Wildman–Crippen LogP) is 3.06. The van der Waals surface area contributed by atoms with Gasteiger partial charge in [-0.3, -0.25) is 4.99 Å². The smallest absolute Gasteiger partial charge is 0.191 e. The van der Waals surface area contributed by atoms with E-state index in [1.807, 2.05) is 43.3 Å². The monoisotopic (exact) mass is 384 g/mol. The Balaban J connectivity index is 2.02. The van der Waals surface area contributed by atoms with Crippen LogP contribution >= 0.6 is 0 Å². The molecule has 0 saturated heterocycles. The van der Waals surface area contributed by atoms with Crippen LogP contribution in [0.5, 0.6) is 11.5 Å². The molecule has 0 aromatic heterocycles. The van der Waals surface area contributed by atoms with E-state index in [1.54, 1.807) is 14.2 Å². The van der Waals surface area contributed by atoms with Crippen molar-refractivity contribution in [1.82, 2.24) is 15.5 Å². The van der Waals surface area contributed by atoms with Crippen LogP contribution in [-0.4, -0.2) is 52.3 Å². The topological polar surface area (TPSA) is 58.1 Å². The van der Waals surface area contributed by atoms with E-state index in [9.17, 15) is 0 Å². The van der Waals surface area contributed by atoms with Crippen LogP contribution in [0, 0.1) is 0 Å². The molecule has 1 atom stereocenters. The molecule has 1 unspecified atom stereocenters. The zero-order valence-corrected chi connectivity index (χ0v) is 17.5. The van der Waals surface area contributed by atoms with E-state index in [-0.39, 0.29) is 6.04 Å². The highest BCUT2D eigenvalue weighted by atomic mass is 16.5. The number of nitrogens with zero attached hydrogens (tertiary/aromatic N) is 2. The number of likely N-dealkylation sites (N-methyl/N-ethyl adjacent to an activating group) is 1. The van der Waals surface area contributed by atoms with Crippen LogP contribution in [0.25, 0.3) is 0 Å². The van der Waals surface area contributed by atoms with Crippen LogP contribution in [-0.2, 0) is 6.54 Å². The highest BCUT2D eigenvalue weighted by Crippen LogP contribution is 2.27. The minimum absolute atomic E-state index is 0.144. The summed E-state index contributed by atoms with van der Waals surface area (Å²) in [6, 6.07) is 16.3. The second-order valence-electron chi connectivity index (χ2n) is 6.57. The second-order valence-corrected chi connectivity index (χ2v) is 6.57. The van der Waals surface area contributed by atoms with Crippen LogP contribution in [0.3, 0.4) is 0 Å². The first-order valence-corrected chi connectivity index (χ1v) is 9.55. The molecule has 0 radical (unpaired) electrons. The Morgan fingerprint density at radius 2 is 1.71 bits per heavy atom. The Hall–Kier alpha value is -2.73. The maximum Gasteiger partial charge on any atom is 0.191 e. The molecule has 28 heavy (non-hydrogen) atoms. The first kappa shape index (κ1) is 21.6. The van der Waals surface area contributed by atoms with Crippen LogP contribution in [0.15, 0.2) is 53.5 Å². The third-order valence-corrected chi connectivity index (χ3v) is 4.53. The molecule has 0 aliphatic carbocycles. The number of ether oxygens (including phenoxy) is 2. The maximum atomic E-state index is 5.70. The van der Waals surface area contributed by atoms with Crippen molar-refractivity contribution >= 4 is 5.96 Å². The van der Waals surface area contributed by atoms with Gasteiger partial charge in [0.05, 0.1) is 19.8 Å². The molecule has 0 heterocycles. The Morgan fingerprint density at radius 1 is 1.04 bits per heavy atom. The van der Waals surface area contributed by atoms with Crippen LogP contribution in [0.2, 0.25) is 0 Å². The molecule has 0 aliphatic heterocycles. The van der Waals surface area contributed by atoms with Gasteiger partial charge in [0.25, 0.3) is 0 Å². The summed E-state index contributed by atoms with van der Waals surface area (Å²) in [4.78, 5) is 6.52. The van der Waals surface area contributed by atoms with Gasteiger partial charge in [0, 0.05) is 31.3 Å². The van der Waals surface area contributed by atoms with Gasteiger partial charge in [0.1, 0.15) is 11.5 Å². The fourth-order valence-corrected chi connectivity index (χ4v) is 3.05. The summed E-state index contributed by atoms with van der Waals surface area (Å²) in [6.07, 6.45) is 0. The summed E-state index contributed by atoms with van der Waals surface area (Å²) in [5, 5.41) is 6.79. The molecule has 0 saturated carbocycles. The largest absolute Gasteiger partial charge is 0.496 e. The molecule has 152 valence electrons. The maximum absolute atomic E-state index is 5.70. The summed E-state index contributed by atoms with van der Waals surface area (Å²) in [5.41, 5.74) is 2.24. The fraction of sp³-hybridized carbons (Fsp3) is 0.409. The van der Waals surface area contributed by atoms with Crippen LogP contribution in [0.1, 0.15) is 24.1 Å². The molecule has 2 aromatic carbocycles.